The number of nitrogens with zero attached hydrogens (tertiary/aromatic N) is 2. The predicted molar refractivity (Wildman–Crippen MR) is 85.6 cm³/mol. The summed E-state index contributed by atoms with van der Waals surface area (Å²) < 4.78 is 28.2. The van der Waals surface area contributed by atoms with Crippen LogP contribution in [-0.4, -0.2) is 43.4 Å². The third-order valence-corrected chi connectivity index (χ3v) is 4.64. The van der Waals surface area contributed by atoms with Gasteiger partial charge in [-0.15, -0.1) is 0 Å². The van der Waals surface area contributed by atoms with Crippen LogP contribution >= 0.6 is 0 Å². The van der Waals surface area contributed by atoms with Gasteiger partial charge in [-0.05, 0) is 45.2 Å². The van der Waals surface area contributed by atoms with E-state index >= 15 is 0 Å². The fraction of sp³-hybridized carbons (Fsp3) is 0.786. The van der Waals surface area contributed by atoms with Crippen molar-refractivity contribution in [1.82, 2.24) is 19.6 Å². The Morgan fingerprint density at radius 2 is 1.90 bits per heavy atom. The minimum absolute atomic E-state index is 0.225. The minimum Gasteiger partial charge on any atom is -0.337 e. The lowest BCUT2D eigenvalue weighted by Gasteiger charge is -2.07. The minimum atomic E-state index is -3.11. The molecule has 21 heavy (non-hydrogen) atoms. The average molecular weight is 316 g/mol. The molecule has 0 saturated carbocycles. The number of aromatic nitrogens is 2. The number of sulfonamides is 1. The van der Waals surface area contributed by atoms with Gasteiger partial charge in [-0.3, -0.25) is 0 Å². The van der Waals surface area contributed by atoms with Gasteiger partial charge in [0, 0.05) is 25.5 Å². The van der Waals surface area contributed by atoms with E-state index in [1.54, 1.807) is 12.5 Å². The van der Waals surface area contributed by atoms with Gasteiger partial charge < -0.3 is 9.88 Å². The van der Waals surface area contributed by atoms with Gasteiger partial charge in [0.2, 0.25) is 10.0 Å². The van der Waals surface area contributed by atoms with Gasteiger partial charge in [-0.25, -0.2) is 18.1 Å². The third kappa shape index (κ3) is 9.60. The van der Waals surface area contributed by atoms with Gasteiger partial charge in [0.25, 0.3) is 0 Å². The Hall–Kier alpha value is -0.920. The lowest BCUT2D eigenvalue weighted by atomic mass is 10.3. The smallest absolute Gasteiger partial charge is 0.211 e. The van der Waals surface area contributed by atoms with Gasteiger partial charge in [0.15, 0.2) is 0 Å². The highest BCUT2D eigenvalue weighted by atomic mass is 32.2. The lowest BCUT2D eigenvalue weighted by molar-refractivity contribution is 0.560. The summed E-state index contributed by atoms with van der Waals surface area (Å²) in [5, 5.41) is 3.27. The molecule has 7 heteroatoms. The Balaban J connectivity index is 1.99. The van der Waals surface area contributed by atoms with Crippen molar-refractivity contribution >= 4 is 10.0 Å². The van der Waals surface area contributed by atoms with E-state index in [1.165, 1.54) is 0 Å². The third-order valence-electron chi connectivity index (χ3n) is 3.17. The van der Waals surface area contributed by atoms with Crippen molar-refractivity contribution in [2.45, 2.75) is 45.6 Å². The molecule has 1 rings (SSSR count). The van der Waals surface area contributed by atoms with Crippen molar-refractivity contribution in [2.24, 2.45) is 0 Å². The van der Waals surface area contributed by atoms with E-state index in [9.17, 15) is 8.42 Å². The largest absolute Gasteiger partial charge is 0.337 e. The first-order valence-corrected chi connectivity index (χ1v) is 9.43. The van der Waals surface area contributed by atoms with Gasteiger partial charge in [0.05, 0.1) is 12.1 Å². The van der Waals surface area contributed by atoms with Crippen LogP contribution in [0, 0.1) is 0 Å². The van der Waals surface area contributed by atoms with Crippen LogP contribution in [0.1, 0.15) is 39.0 Å². The van der Waals surface area contributed by atoms with Gasteiger partial charge >= 0.3 is 0 Å². The maximum atomic E-state index is 11.8. The van der Waals surface area contributed by atoms with Crippen molar-refractivity contribution in [3.8, 4) is 0 Å². The monoisotopic (exact) mass is 316 g/mol. The first kappa shape index (κ1) is 18.1. The molecular weight excluding hydrogens is 288 g/mol. The zero-order valence-electron chi connectivity index (χ0n) is 12.9. The van der Waals surface area contributed by atoms with E-state index in [0.717, 1.165) is 45.3 Å². The molecule has 1 heterocycles. The van der Waals surface area contributed by atoms with Crippen LogP contribution in [0.2, 0.25) is 0 Å². The van der Waals surface area contributed by atoms with Crippen molar-refractivity contribution in [3.05, 3.63) is 18.7 Å². The molecule has 1 aromatic heterocycles. The standard InChI is InChI=1S/C14H28N4O2S/c1-2-7-15-8-4-6-13-21(19,20)17-9-3-5-11-18-12-10-16-14-18/h10,12,14-15,17H,2-9,11,13H2,1H3. The molecule has 0 saturated heterocycles. The summed E-state index contributed by atoms with van der Waals surface area (Å²) in [6.07, 6.45) is 9.95. The molecule has 0 aliphatic rings. The van der Waals surface area contributed by atoms with E-state index in [1.807, 2.05) is 10.8 Å². The second kappa shape index (κ2) is 10.8. The molecule has 0 aromatic carbocycles. The molecule has 1 aromatic rings. The normalized spacial score (nSPS) is 11.9. The van der Waals surface area contributed by atoms with Gasteiger partial charge in [0.1, 0.15) is 0 Å². The van der Waals surface area contributed by atoms with Crippen molar-refractivity contribution in [1.29, 1.82) is 0 Å². The quantitative estimate of drug-likeness (QED) is 0.539. The molecule has 0 aliphatic carbocycles. The van der Waals surface area contributed by atoms with Crippen LogP contribution in [0.3, 0.4) is 0 Å². The number of rotatable bonds is 13. The Bertz CT molecular complexity index is 446. The number of unbranched alkanes of at least 4 members (excludes halogenated alkanes) is 2. The van der Waals surface area contributed by atoms with E-state index in [0.29, 0.717) is 13.0 Å². The molecule has 6 nitrogen and oxygen atoms in total. The van der Waals surface area contributed by atoms with E-state index < -0.39 is 10.0 Å². The molecule has 0 spiro atoms. The van der Waals surface area contributed by atoms with Crippen LogP contribution in [0.5, 0.6) is 0 Å². The second-order valence-electron chi connectivity index (χ2n) is 5.18. The van der Waals surface area contributed by atoms with E-state index in [-0.39, 0.29) is 5.75 Å². The summed E-state index contributed by atoms with van der Waals surface area (Å²) in [4.78, 5) is 3.97. The summed E-state index contributed by atoms with van der Waals surface area (Å²) in [5.41, 5.74) is 0. The number of nitrogens with one attached hydrogen (secondary N) is 2. The zero-order valence-corrected chi connectivity index (χ0v) is 13.7. The van der Waals surface area contributed by atoms with Crippen molar-refractivity contribution in [2.75, 3.05) is 25.4 Å². The fourth-order valence-electron chi connectivity index (χ4n) is 1.98. The molecular formula is C14H28N4O2S. The highest BCUT2D eigenvalue weighted by Crippen LogP contribution is 1.97. The predicted octanol–water partition coefficient (Wildman–Crippen LogP) is 1.36. The Morgan fingerprint density at radius 3 is 2.62 bits per heavy atom. The van der Waals surface area contributed by atoms with Crippen LogP contribution in [-0.2, 0) is 16.6 Å². The maximum Gasteiger partial charge on any atom is 0.211 e. The summed E-state index contributed by atoms with van der Waals surface area (Å²) in [6.45, 7) is 5.42. The van der Waals surface area contributed by atoms with E-state index in [2.05, 4.69) is 21.9 Å². The van der Waals surface area contributed by atoms with Crippen LogP contribution < -0.4 is 10.0 Å². The highest BCUT2D eigenvalue weighted by molar-refractivity contribution is 7.89. The average Bonchev–Trinajstić information content (AvgIpc) is 2.95. The summed E-state index contributed by atoms with van der Waals surface area (Å²) in [7, 11) is -3.11. The number of aryl methyl sites for hydroxylation is 1. The van der Waals surface area contributed by atoms with Crippen molar-refractivity contribution < 1.29 is 8.42 Å². The Labute approximate surface area is 128 Å². The second-order valence-corrected chi connectivity index (χ2v) is 7.10. The fourth-order valence-corrected chi connectivity index (χ4v) is 3.17. The highest BCUT2D eigenvalue weighted by Gasteiger charge is 2.08. The first-order valence-electron chi connectivity index (χ1n) is 7.78. The molecule has 0 fully saturated rings. The SMILES string of the molecule is CCCNCCCCS(=O)(=O)NCCCCn1ccnc1. The van der Waals surface area contributed by atoms with E-state index in [4.69, 9.17) is 0 Å². The van der Waals surface area contributed by atoms with Gasteiger partial charge in [-0.2, -0.15) is 0 Å². The van der Waals surface area contributed by atoms with Gasteiger partial charge in [-0.1, -0.05) is 6.92 Å². The van der Waals surface area contributed by atoms with Crippen LogP contribution in [0.25, 0.3) is 0 Å². The zero-order chi connectivity index (χ0) is 15.4. The molecule has 122 valence electrons. The summed E-state index contributed by atoms with van der Waals surface area (Å²) >= 11 is 0. The number of hydrogen-bond donors (Lipinski definition) is 2. The summed E-state index contributed by atoms with van der Waals surface area (Å²) in [5.74, 6) is 0.225. The lowest BCUT2D eigenvalue weighted by Crippen LogP contribution is -2.28. The molecule has 0 aliphatic heterocycles. The first-order chi connectivity index (χ1) is 10.1. The number of hydrogen-bond acceptors (Lipinski definition) is 4. The Morgan fingerprint density at radius 1 is 1.10 bits per heavy atom. The molecule has 0 radical (unpaired) electrons. The van der Waals surface area contributed by atoms with Crippen LogP contribution in [0.15, 0.2) is 18.7 Å². The van der Waals surface area contributed by atoms with Crippen LogP contribution in [0.4, 0.5) is 0 Å². The molecule has 0 amide bonds. The molecule has 0 unspecified atom stereocenters. The maximum absolute atomic E-state index is 11.8. The molecule has 0 bridgehead atoms. The summed E-state index contributed by atoms with van der Waals surface area (Å²) in [6, 6.07) is 0. The number of imidazole rings is 1. The Kier molecular flexibility index (Phi) is 9.29. The topological polar surface area (TPSA) is 76.0 Å². The molecule has 2 N–H and O–H groups in total. The van der Waals surface area contributed by atoms with Crippen molar-refractivity contribution in [3.63, 3.8) is 0 Å². The molecule has 0 atom stereocenters.